The zero-order valence-electron chi connectivity index (χ0n) is 9.59. The van der Waals surface area contributed by atoms with Crippen molar-refractivity contribution in [1.29, 1.82) is 5.26 Å². The second kappa shape index (κ2) is 5.23. The van der Waals surface area contributed by atoms with Crippen molar-refractivity contribution in [2.75, 3.05) is 0 Å². The van der Waals surface area contributed by atoms with E-state index in [1.807, 2.05) is 35.9 Å². The largest absolute Gasteiger partial charge is 0.320 e. The van der Waals surface area contributed by atoms with Gasteiger partial charge in [-0.05, 0) is 17.7 Å². The van der Waals surface area contributed by atoms with E-state index in [2.05, 4.69) is 21.6 Å². The summed E-state index contributed by atoms with van der Waals surface area (Å²) in [6, 6.07) is 9.63. The monoisotopic (exact) mass is 227 g/mol. The first-order chi connectivity index (χ1) is 8.29. The molecule has 0 aliphatic carbocycles. The summed E-state index contributed by atoms with van der Waals surface area (Å²) < 4.78 is 1.88. The topological polar surface area (TPSA) is 66.5 Å². The fourth-order valence-corrected chi connectivity index (χ4v) is 1.48. The first-order valence-corrected chi connectivity index (χ1v) is 5.32. The van der Waals surface area contributed by atoms with E-state index >= 15 is 0 Å². The molecule has 0 atom stereocenters. The van der Waals surface area contributed by atoms with Crippen molar-refractivity contribution in [2.45, 2.75) is 13.1 Å². The third-order valence-electron chi connectivity index (χ3n) is 2.50. The summed E-state index contributed by atoms with van der Waals surface area (Å²) in [6.07, 6.45) is 1.68. The van der Waals surface area contributed by atoms with Crippen molar-refractivity contribution < 1.29 is 0 Å². The Kier molecular flexibility index (Phi) is 3.48. The van der Waals surface area contributed by atoms with Gasteiger partial charge in [-0.2, -0.15) is 5.26 Å². The molecule has 0 bridgehead atoms. The zero-order chi connectivity index (χ0) is 12.1. The van der Waals surface area contributed by atoms with Gasteiger partial charge in [0.15, 0.2) is 0 Å². The number of hydrogen-bond acceptors (Lipinski definition) is 4. The number of hydrogen-bond donors (Lipinski definition) is 1. The van der Waals surface area contributed by atoms with Crippen LogP contribution in [0.4, 0.5) is 0 Å². The van der Waals surface area contributed by atoms with Gasteiger partial charge in [0.05, 0.1) is 18.2 Å². The molecule has 0 radical (unpaired) electrons. The lowest BCUT2D eigenvalue weighted by atomic mass is 10.1. The van der Waals surface area contributed by atoms with Crippen LogP contribution in [-0.2, 0) is 20.1 Å². The summed E-state index contributed by atoms with van der Waals surface area (Å²) >= 11 is 0. The average molecular weight is 227 g/mol. The van der Waals surface area contributed by atoms with Gasteiger partial charge < -0.3 is 9.88 Å². The Morgan fingerprint density at radius 3 is 2.65 bits per heavy atom. The van der Waals surface area contributed by atoms with E-state index in [-0.39, 0.29) is 0 Å². The molecule has 17 heavy (non-hydrogen) atoms. The fourth-order valence-electron chi connectivity index (χ4n) is 1.48. The molecule has 0 aliphatic heterocycles. The molecule has 2 rings (SSSR count). The molecule has 1 aromatic heterocycles. The molecule has 0 saturated carbocycles. The Morgan fingerprint density at radius 2 is 2.06 bits per heavy atom. The molecule has 1 aromatic carbocycles. The standard InChI is InChI=1S/C12H13N5/c1-17-9-15-16-12(17)8-14-7-11-4-2-10(6-13)3-5-11/h2-5,9,14H,7-8H2,1H3. The summed E-state index contributed by atoms with van der Waals surface area (Å²) in [6.45, 7) is 1.43. The highest BCUT2D eigenvalue weighted by Crippen LogP contribution is 2.03. The molecular formula is C12H13N5. The zero-order valence-corrected chi connectivity index (χ0v) is 9.59. The lowest BCUT2D eigenvalue weighted by Gasteiger charge is -2.04. The van der Waals surface area contributed by atoms with Crippen LogP contribution in [0.2, 0.25) is 0 Å². The molecule has 0 spiro atoms. The Bertz CT molecular complexity index is 521. The minimum absolute atomic E-state index is 0.677. The number of nitriles is 1. The van der Waals surface area contributed by atoms with Gasteiger partial charge in [0.25, 0.3) is 0 Å². The molecular weight excluding hydrogens is 214 g/mol. The molecule has 1 heterocycles. The van der Waals surface area contributed by atoms with Crippen LogP contribution in [0, 0.1) is 11.3 Å². The Hall–Kier alpha value is -2.19. The van der Waals surface area contributed by atoms with E-state index in [4.69, 9.17) is 5.26 Å². The van der Waals surface area contributed by atoms with E-state index in [0.29, 0.717) is 12.1 Å². The van der Waals surface area contributed by atoms with Crippen molar-refractivity contribution in [3.63, 3.8) is 0 Å². The maximum Gasteiger partial charge on any atom is 0.146 e. The smallest absolute Gasteiger partial charge is 0.146 e. The third kappa shape index (κ3) is 2.89. The first kappa shape index (κ1) is 11.3. The van der Waals surface area contributed by atoms with Gasteiger partial charge >= 0.3 is 0 Å². The van der Waals surface area contributed by atoms with E-state index in [0.717, 1.165) is 17.9 Å². The third-order valence-corrected chi connectivity index (χ3v) is 2.50. The van der Waals surface area contributed by atoms with Gasteiger partial charge in [-0.1, -0.05) is 12.1 Å². The minimum atomic E-state index is 0.677. The summed E-state index contributed by atoms with van der Waals surface area (Å²) in [4.78, 5) is 0. The maximum atomic E-state index is 8.68. The molecule has 5 nitrogen and oxygen atoms in total. The lowest BCUT2D eigenvalue weighted by molar-refractivity contribution is 0.637. The molecule has 5 heteroatoms. The van der Waals surface area contributed by atoms with Crippen molar-refractivity contribution in [2.24, 2.45) is 7.05 Å². The van der Waals surface area contributed by atoms with Crippen molar-refractivity contribution >= 4 is 0 Å². The quantitative estimate of drug-likeness (QED) is 0.845. The Morgan fingerprint density at radius 1 is 1.29 bits per heavy atom. The summed E-state index contributed by atoms with van der Waals surface area (Å²) in [5.74, 6) is 0.902. The van der Waals surface area contributed by atoms with Crippen molar-refractivity contribution in [1.82, 2.24) is 20.1 Å². The molecule has 0 fully saturated rings. The van der Waals surface area contributed by atoms with Gasteiger partial charge in [0, 0.05) is 13.6 Å². The van der Waals surface area contributed by atoms with Gasteiger partial charge in [0.2, 0.25) is 0 Å². The summed E-state index contributed by atoms with van der Waals surface area (Å²) in [5.41, 5.74) is 1.83. The second-order valence-corrected chi connectivity index (χ2v) is 3.77. The van der Waals surface area contributed by atoms with Gasteiger partial charge in [-0.25, -0.2) is 0 Å². The van der Waals surface area contributed by atoms with Gasteiger partial charge in [0.1, 0.15) is 12.2 Å². The predicted molar refractivity (Wildman–Crippen MR) is 62.7 cm³/mol. The highest BCUT2D eigenvalue weighted by molar-refractivity contribution is 5.31. The number of aromatic nitrogens is 3. The fraction of sp³-hybridized carbons (Fsp3) is 0.250. The highest BCUT2D eigenvalue weighted by atomic mass is 15.3. The summed E-state index contributed by atoms with van der Waals surface area (Å²) in [7, 11) is 1.92. The molecule has 1 N–H and O–H groups in total. The molecule has 86 valence electrons. The Balaban J connectivity index is 1.86. The van der Waals surface area contributed by atoms with Gasteiger partial charge in [-0.15, -0.1) is 10.2 Å². The normalized spacial score (nSPS) is 10.1. The van der Waals surface area contributed by atoms with Crippen molar-refractivity contribution in [3.05, 3.63) is 47.5 Å². The molecule has 0 saturated heterocycles. The van der Waals surface area contributed by atoms with E-state index in [1.165, 1.54) is 0 Å². The van der Waals surface area contributed by atoms with Crippen LogP contribution >= 0.6 is 0 Å². The van der Waals surface area contributed by atoms with Crippen LogP contribution in [0.5, 0.6) is 0 Å². The average Bonchev–Trinajstić information content (AvgIpc) is 2.76. The van der Waals surface area contributed by atoms with E-state index in [9.17, 15) is 0 Å². The van der Waals surface area contributed by atoms with Crippen LogP contribution in [0.25, 0.3) is 0 Å². The van der Waals surface area contributed by atoms with Crippen LogP contribution in [-0.4, -0.2) is 14.8 Å². The highest BCUT2D eigenvalue weighted by Gasteiger charge is 1.99. The first-order valence-electron chi connectivity index (χ1n) is 5.32. The van der Waals surface area contributed by atoms with Crippen molar-refractivity contribution in [3.8, 4) is 6.07 Å². The van der Waals surface area contributed by atoms with Gasteiger partial charge in [-0.3, -0.25) is 0 Å². The summed E-state index contributed by atoms with van der Waals surface area (Å²) in [5, 5.41) is 19.7. The SMILES string of the molecule is Cn1cnnc1CNCc1ccc(C#N)cc1. The predicted octanol–water partition coefficient (Wildman–Crippen LogP) is 0.977. The number of rotatable bonds is 4. The molecule has 0 aliphatic rings. The number of benzene rings is 1. The molecule has 0 amide bonds. The van der Waals surface area contributed by atoms with E-state index in [1.54, 1.807) is 6.33 Å². The minimum Gasteiger partial charge on any atom is -0.320 e. The maximum absolute atomic E-state index is 8.68. The molecule has 2 aromatic rings. The number of nitrogens with zero attached hydrogens (tertiary/aromatic N) is 4. The second-order valence-electron chi connectivity index (χ2n) is 3.77. The molecule has 0 unspecified atom stereocenters. The van der Waals surface area contributed by atoms with Crippen LogP contribution < -0.4 is 5.32 Å². The lowest BCUT2D eigenvalue weighted by Crippen LogP contribution is -2.15. The van der Waals surface area contributed by atoms with Crippen LogP contribution in [0.1, 0.15) is 17.0 Å². The number of aryl methyl sites for hydroxylation is 1. The van der Waals surface area contributed by atoms with E-state index < -0.39 is 0 Å². The Labute approximate surface area is 99.7 Å². The number of nitrogens with one attached hydrogen (secondary N) is 1. The van der Waals surface area contributed by atoms with Crippen LogP contribution in [0.15, 0.2) is 30.6 Å². The van der Waals surface area contributed by atoms with Crippen LogP contribution in [0.3, 0.4) is 0 Å².